The lowest BCUT2D eigenvalue weighted by Gasteiger charge is -2.29. The summed E-state index contributed by atoms with van der Waals surface area (Å²) in [6.07, 6.45) is 2.86. The van der Waals surface area contributed by atoms with Crippen LogP contribution in [0.15, 0.2) is 0 Å². The molecule has 0 aromatic rings. The van der Waals surface area contributed by atoms with Crippen molar-refractivity contribution in [2.75, 3.05) is 26.7 Å². The first-order valence-electron chi connectivity index (χ1n) is 6.88. The average Bonchev–Trinajstić information content (AvgIpc) is 2.45. The smallest absolute Gasteiger partial charge is 0.0596 e. The first kappa shape index (κ1) is 14.9. The second-order valence-corrected chi connectivity index (χ2v) is 6.49. The van der Waals surface area contributed by atoms with Crippen LogP contribution in [0.3, 0.4) is 0 Å². The molecule has 3 heteroatoms. The maximum absolute atomic E-state index is 6.32. The van der Waals surface area contributed by atoms with Gasteiger partial charge in [0.1, 0.15) is 0 Å². The fourth-order valence-electron chi connectivity index (χ4n) is 2.68. The summed E-state index contributed by atoms with van der Waals surface area (Å²) >= 11 is 0. The molecule has 0 aromatic carbocycles. The van der Waals surface area contributed by atoms with Gasteiger partial charge in [-0.05, 0) is 45.1 Å². The van der Waals surface area contributed by atoms with Gasteiger partial charge in [-0.3, -0.25) is 0 Å². The van der Waals surface area contributed by atoms with E-state index in [0.29, 0.717) is 23.5 Å². The molecule has 0 aromatic heterocycles. The minimum absolute atomic E-state index is 0.319. The fourth-order valence-corrected chi connectivity index (χ4v) is 2.68. The molecule has 0 bridgehead atoms. The average molecular weight is 242 g/mol. The monoisotopic (exact) mass is 242 g/mol. The van der Waals surface area contributed by atoms with E-state index in [0.717, 1.165) is 19.7 Å². The van der Waals surface area contributed by atoms with Crippen LogP contribution in [0.1, 0.15) is 40.5 Å². The summed E-state index contributed by atoms with van der Waals surface area (Å²) in [6.45, 7) is 11.7. The molecule has 0 aliphatic heterocycles. The minimum atomic E-state index is 0.319. The van der Waals surface area contributed by atoms with E-state index in [1.54, 1.807) is 0 Å². The van der Waals surface area contributed by atoms with E-state index in [2.05, 4.69) is 39.6 Å². The molecule has 1 rings (SSSR count). The Morgan fingerprint density at radius 1 is 1.41 bits per heavy atom. The van der Waals surface area contributed by atoms with Crippen LogP contribution in [0.5, 0.6) is 0 Å². The zero-order valence-corrected chi connectivity index (χ0v) is 12.2. The number of nitrogens with two attached hydrogens (primary N) is 1. The van der Waals surface area contributed by atoms with Gasteiger partial charge < -0.3 is 15.4 Å². The summed E-state index contributed by atoms with van der Waals surface area (Å²) in [7, 11) is 2.17. The Hall–Kier alpha value is -0.120. The minimum Gasteiger partial charge on any atom is -0.377 e. The second kappa shape index (κ2) is 6.17. The third kappa shape index (κ3) is 4.57. The first-order chi connectivity index (χ1) is 7.83. The summed E-state index contributed by atoms with van der Waals surface area (Å²) in [5.74, 6) is 0.647. The normalized spacial score (nSPS) is 28.2. The summed E-state index contributed by atoms with van der Waals surface area (Å²) in [5.41, 5.74) is 6.64. The van der Waals surface area contributed by atoms with E-state index in [4.69, 9.17) is 10.5 Å². The molecule has 2 unspecified atom stereocenters. The van der Waals surface area contributed by atoms with Crippen molar-refractivity contribution in [1.29, 1.82) is 0 Å². The van der Waals surface area contributed by atoms with Crippen molar-refractivity contribution in [2.24, 2.45) is 17.1 Å². The van der Waals surface area contributed by atoms with Crippen LogP contribution in [0.2, 0.25) is 0 Å². The molecule has 1 aliphatic carbocycles. The lowest BCUT2D eigenvalue weighted by molar-refractivity contribution is 0.0604. The molecular weight excluding hydrogens is 212 g/mol. The maximum atomic E-state index is 6.32. The standard InChI is InChI=1S/C14H30N2O/c1-11(2)17-9-8-16(5)10-12-6-7-14(3,4)13(12)15/h11-13H,6-10,15H2,1-5H3. The van der Waals surface area contributed by atoms with E-state index in [-0.39, 0.29) is 0 Å². The Labute approximate surface area is 107 Å². The molecule has 0 radical (unpaired) electrons. The Bertz CT molecular complexity index is 228. The molecule has 0 amide bonds. The van der Waals surface area contributed by atoms with Gasteiger partial charge in [-0.25, -0.2) is 0 Å². The summed E-state index contributed by atoms with van der Waals surface area (Å²) < 4.78 is 5.57. The highest BCUT2D eigenvalue weighted by Crippen LogP contribution is 2.40. The van der Waals surface area contributed by atoms with Gasteiger partial charge >= 0.3 is 0 Å². The van der Waals surface area contributed by atoms with Crippen LogP contribution in [-0.4, -0.2) is 43.8 Å². The number of hydrogen-bond acceptors (Lipinski definition) is 3. The number of rotatable bonds is 6. The highest BCUT2D eigenvalue weighted by atomic mass is 16.5. The maximum Gasteiger partial charge on any atom is 0.0596 e. The van der Waals surface area contributed by atoms with Crippen LogP contribution >= 0.6 is 0 Å². The third-order valence-corrected chi connectivity index (χ3v) is 4.04. The van der Waals surface area contributed by atoms with E-state index in [9.17, 15) is 0 Å². The molecule has 2 atom stereocenters. The number of hydrogen-bond donors (Lipinski definition) is 1. The van der Waals surface area contributed by atoms with Crippen molar-refractivity contribution in [3.63, 3.8) is 0 Å². The SMILES string of the molecule is CC(C)OCCN(C)CC1CCC(C)(C)C1N. The molecular formula is C14H30N2O. The highest BCUT2D eigenvalue weighted by Gasteiger charge is 2.39. The lowest BCUT2D eigenvalue weighted by Crippen LogP contribution is -2.41. The second-order valence-electron chi connectivity index (χ2n) is 6.49. The molecule has 1 fully saturated rings. The van der Waals surface area contributed by atoms with Gasteiger partial charge in [0, 0.05) is 19.1 Å². The zero-order valence-electron chi connectivity index (χ0n) is 12.2. The summed E-state index contributed by atoms with van der Waals surface area (Å²) in [6, 6.07) is 0.343. The van der Waals surface area contributed by atoms with E-state index in [1.165, 1.54) is 12.8 Å². The number of ether oxygens (including phenoxy) is 1. The van der Waals surface area contributed by atoms with Gasteiger partial charge in [0.2, 0.25) is 0 Å². The lowest BCUT2D eigenvalue weighted by atomic mass is 9.85. The predicted molar refractivity (Wildman–Crippen MR) is 73.1 cm³/mol. The molecule has 0 heterocycles. The van der Waals surface area contributed by atoms with E-state index >= 15 is 0 Å². The molecule has 17 heavy (non-hydrogen) atoms. The molecule has 3 nitrogen and oxygen atoms in total. The van der Waals surface area contributed by atoms with Crippen LogP contribution in [0.4, 0.5) is 0 Å². The van der Waals surface area contributed by atoms with Gasteiger partial charge in [-0.15, -0.1) is 0 Å². The zero-order chi connectivity index (χ0) is 13.1. The van der Waals surface area contributed by atoms with Gasteiger partial charge in [0.05, 0.1) is 12.7 Å². The third-order valence-electron chi connectivity index (χ3n) is 4.04. The van der Waals surface area contributed by atoms with Gasteiger partial charge in [-0.2, -0.15) is 0 Å². The van der Waals surface area contributed by atoms with Crippen LogP contribution in [0, 0.1) is 11.3 Å². The van der Waals surface area contributed by atoms with Crippen molar-refractivity contribution >= 4 is 0 Å². The molecule has 1 saturated carbocycles. The molecule has 1 aliphatic rings. The van der Waals surface area contributed by atoms with Crippen molar-refractivity contribution in [3.8, 4) is 0 Å². The van der Waals surface area contributed by atoms with E-state index in [1.807, 2.05) is 0 Å². The van der Waals surface area contributed by atoms with Crippen molar-refractivity contribution in [3.05, 3.63) is 0 Å². The number of nitrogens with zero attached hydrogens (tertiary/aromatic N) is 1. The van der Waals surface area contributed by atoms with Gasteiger partial charge in [-0.1, -0.05) is 13.8 Å². The number of likely N-dealkylation sites (N-methyl/N-ethyl adjacent to an activating group) is 1. The highest BCUT2D eigenvalue weighted by molar-refractivity contribution is 4.94. The van der Waals surface area contributed by atoms with Gasteiger partial charge in [0.25, 0.3) is 0 Å². The predicted octanol–water partition coefficient (Wildman–Crippen LogP) is 2.11. The van der Waals surface area contributed by atoms with Crippen molar-refractivity contribution in [2.45, 2.75) is 52.7 Å². The van der Waals surface area contributed by atoms with Crippen molar-refractivity contribution < 1.29 is 4.74 Å². The molecule has 2 N–H and O–H groups in total. The van der Waals surface area contributed by atoms with Gasteiger partial charge in [0.15, 0.2) is 0 Å². The van der Waals surface area contributed by atoms with E-state index < -0.39 is 0 Å². The Morgan fingerprint density at radius 3 is 2.53 bits per heavy atom. The Kier molecular flexibility index (Phi) is 5.42. The molecule has 0 spiro atoms. The largest absolute Gasteiger partial charge is 0.377 e. The fraction of sp³-hybridized carbons (Fsp3) is 1.00. The van der Waals surface area contributed by atoms with Crippen LogP contribution in [-0.2, 0) is 4.74 Å². The molecule has 102 valence electrons. The summed E-state index contributed by atoms with van der Waals surface area (Å²) in [4.78, 5) is 2.36. The topological polar surface area (TPSA) is 38.5 Å². The Balaban J connectivity index is 2.25. The van der Waals surface area contributed by atoms with Crippen LogP contribution < -0.4 is 5.73 Å². The summed E-state index contributed by atoms with van der Waals surface area (Å²) in [5, 5.41) is 0. The van der Waals surface area contributed by atoms with Crippen LogP contribution in [0.25, 0.3) is 0 Å². The first-order valence-corrected chi connectivity index (χ1v) is 6.88. The quantitative estimate of drug-likeness (QED) is 0.775. The van der Waals surface area contributed by atoms with Crippen molar-refractivity contribution in [1.82, 2.24) is 4.90 Å². The molecule has 0 saturated heterocycles. The Morgan fingerprint density at radius 2 is 2.06 bits per heavy atom.